The number of anilines is 1. The Morgan fingerprint density at radius 3 is 2.86 bits per heavy atom. The third kappa shape index (κ3) is 1.40. The van der Waals surface area contributed by atoms with Gasteiger partial charge in [-0.15, -0.1) is 0 Å². The van der Waals surface area contributed by atoms with Crippen molar-refractivity contribution >= 4 is 5.69 Å². The molecule has 1 aromatic rings. The molecule has 0 aromatic heterocycles. The van der Waals surface area contributed by atoms with Crippen molar-refractivity contribution in [3.05, 3.63) is 41.9 Å². The molecule has 0 saturated heterocycles. The first kappa shape index (κ1) is 9.21. The fraction of sp³-hybridized carbons (Fsp3) is 0.273. The van der Waals surface area contributed by atoms with Crippen LogP contribution in [0.5, 0.6) is 0 Å². The molecule has 1 aromatic carbocycles. The molecule has 74 valence electrons. The Kier molecular flexibility index (Phi) is 2.25. The summed E-state index contributed by atoms with van der Waals surface area (Å²) in [6.45, 7) is 0. The van der Waals surface area contributed by atoms with Gasteiger partial charge in [-0.05, 0) is 18.6 Å². The van der Waals surface area contributed by atoms with Gasteiger partial charge in [0.05, 0.1) is 5.69 Å². The Morgan fingerprint density at radius 2 is 2.14 bits per heavy atom. The Morgan fingerprint density at radius 1 is 1.36 bits per heavy atom. The molecule has 1 aliphatic heterocycles. The molecule has 14 heavy (non-hydrogen) atoms. The van der Waals surface area contributed by atoms with E-state index in [9.17, 15) is 4.39 Å². The minimum Gasteiger partial charge on any atom is -0.282 e. The summed E-state index contributed by atoms with van der Waals surface area (Å²) in [5.41, 5.74) is 1.70. The largest absolute Gasteiger partial charge is 0.282 e. The van der Waals surface area contributed by atoms with Crippen molar-refractivity contribution in [3.8, 4) is 0 Å². The monoisotopic (exact) mass is 192 g/mol. The summed E-state index contributed by atoms with van der Waals surface area (Å²) < 4.78 is 13.4. The van der Waals surface area contributed by atoms with Crippen molar-refractivity contribution in [1.29, 1.82) is 0 Å². The molecule has 0 saturated carbocycles. The van der Waals surface area contributed by atoms with Crippen LogP contribution in [0.15, 0.2) is 30.5 Å². The summed E-state index contributed by atoms with van der Waals surface area (Å²) in [5, 5.41) is 3.86. The predicted molar refractivity (Wildman–Crippen MR) is 55.4 cm³/mol. The van der Waals surface area contributed by atoms with Gasteiger partial charge in [0.1, 0.15) is 5.82 Å². The average Bonchev–Trinajstić information content (AvgIpc) is 2.17. The standard InChI is InChI=1S/C11H13FN2/c1-13(2)14-8-4-5-9-10(12)6-3-7-11(9)14/h3-4,6-8H,5H2,1-2H3. The highest BCUT2D eigenvalue weighted by Gasteiger charge is 2.16. The normalized spacial score (nSPS) is 14.7. The maximum Gasteiger partial charge on any atom is 0.128 e. The van der Waals surface area contributed by atoms with Gasteiger partial charge in [0.2, 0.25) is 0 Å². The molecule has 0 bridgehead atoms. The number of fused-ring (bicyclic) bond motifs is 1. The lowest BCUT2D eigenvalue weighted by atomic mass is 10.1. The van der Waals surface area contributed by atoms with Crippen molar-refractivity contribution in [2.75, 3.05) is 19.1 Å². The topological polar surface area (TPSA) is 6.48 Å². The zero-order chi connectivity index (χ0) is 10.1. The van der Waals surface area contributed by atoms with Gasteiger partial charge in [0.15, 0.2) is 0 Å². The molecule has 0 aliphatic carbocycles. The van der Waals surface area contributed by atoms with Crippen LogP contribution in [0.1, 0.15) is 5.56 Å². The number of nitrogens with zero attached hydrogens (tertiary/aromatic N) is 2. The fourth-order valence-electron chi connectivity index (χ4n) is 1.66. The van der Waals surface area contributed by atoms with Gasteiger partial charge in [-0.1, -0.05) is 12.1 Å². The van der Waals surface area contributed by atoms with Gasteiger partial charge < -0.3 is 0 Å². The quantitative estimate of drug-likeness (QED) is 0.673. The van der Waals surface area contributed by atoms with Crippen LogP contribution in [-0.4, -0.2) is 19.1 Å². The third-order valence-electron chi connectivity index (χ3n) is 2.34. The van der Waals surface area contributed by atoms with E-state index in [2.05, 4.69) is 0 Å². The molecule has 0 fully saturated rings. The van der Waals surface area contributed by atoms with Crippen LogP contribution in [0.2, 0.25) is 0 Å². The first-order chi connectivity index (χ1) is 6.70. The molecule has 0 atom stereocenters. The second-order valence-corrected chi connectivity index (χ2v) is 3.52. The second kappa shape index (κ2) is 3.42. The Labute approximate surface area is 83.2 Å². The van der Waals surface area contributed by atoms with E-state index < -0.39 is 0 Å². The first-order valence-electron chi connectivity index (χ1n) is 4.60. The van der Waals surface area contributed by atoms with Crippen molar-refractivity contribution in [2.45, 2.75) is 6.42 Å². The Balaban J connectivity index is 2.49. The lowest BCUT2D eigenvalue weighted by Crippen LogP contribution is -2.34. The van der Waals surface area contributed by atoms with E-state index >= 15 is 0 Å². The summed E-state index contributed by atoms with van der Waals surface area (Å²) in [6, 6.07) is 5.18. The third-order valence-corrected chi connectivity index (χ3v) is 2.34. The molecule has 2 nitrogen and oxygen atoms in total. The molecule has 0 unspecified atom stereocenters. The van der Waals surface area contributed by atoms with Crippen molar-refractivity contribution < 1.29 is 4.39 Å². The smallest absolute Gasteiger partial charge is 0.128 e. The lowest BCUT2D eigenvalue weighted by molar-refractivity contribution is 0.409. The van der Waals surface area contributed by atoms with E-state index in [1.165, 1.54) is 6.07 Å². The van der Waals surface area contributed by atoms with Gasteiger partial charge in [-0.2, -0.15) is 0 Å². The van der Waals surface area contributed by atoms with Gasteiger partial charge >= 0.3 is 0 Å². The van der Waals surface area contributed by atoms with E-state index in [0.717, 1.165) is 11.3 Å². The number of hydrogen-bond acceptors (Lipinski definition) is 2. The Hall–Kier alpha value is -1.35. The zero-order valence-corrected chi connectivity index (χ0v) is 8.37. The highest BCUT2D eigenvalue weighted by atomic mass is 19.1. The number of benzene rings is 1. The summed E-state index contributed by atoms with van der Waals surface area (Å²) in [7, 11) is 3.87. The highest BCUT2D eigenvalue weighted by molar-refractivity contribution is 5.58. The average molecular weight is 192 g/mol. The molecule has 0 radical (unpaired) electrons. The lowest BCUT2D eigenvalue weighted by Gasteiger charge is -2.31. The van der Waals surface area contributed by atoms with E-state index in [-0.39, 0.29) is 5.82 Å². The first-order valence-corrected chi connectivity index (χ1v) is 4.60. The van der Waals surface area contributed by atoms with Crippen LogP contribution in [0.4, 0.5) is 10.1 Å². The molecule has 0 amide bonds. The van der Waals surface area contributed by atoms with Crippen LogP contribution in [0.25, 0.3) is 0 Å². The van der Waals surface area contributed by atoms with Crippen molar-refractivity contribution in [3.63, 3.8) is 0 Å². The van der Waals surface area contributed by atoms with Crippen LogP contribution >= 0.6 is 0 Å². The molecule has 0 spiro atoms. The number of halogens is 1. The molecule has 1 aliphatic rings. The van der Waals surface area contributed by atoms with Gasteiger partial charge in [0, 0.05) is 25.9 Å². The van der Waals surface area contributed by atoms with Crippen molar-refractivity contribution in [1.82, 2.24) is 5.01 Å². The maximum atomic E-state index is 13.4. The number of hydrogen-bond donors (Lipinski definition) is 0. The fourth-order valence-corrected chi connectivity index (χ4v) is 1.66. The summed E-state index contributed by atoms with van der Waals surface area (Å²) in [4.78, 5) is 0. The maximum absolute atomic E-state index is 13.4. The minimum atomic E-state index is -0.126. The van der Waals surface area contributed by atoms with Crippen LogP contribution in [0.3, 0.4) is 0 Å². The van der Waals surface area contributed by atoms with Gasteiger partial charge in [-0.3, -0.25) is 5.01 Å². The summed E-state index contributed by atoms with van der Waals surface area (Å²) in [5.74, 6) is -0.126. The van der Waals surface area contributed by atoms with E-state index in [4.69, 9.17) is 0 Å². The molecule has 3 heteroatoms. The number of rotatable bonds is 1. The summed E-state index contributed by atoms with van der Waals surface area (Å²) >= 11 is 0. The van der Waals surface area contributed by atoms with E-state index in [0.29, 0.717) is 6.42 Å². The van der Waals surface area contributed by atoms with Crippen LogP contribution in [0, 0.1) is 5.82 Å². The molecule has 0 N–H and O–H groups in total. The Bertz CT molecular complexity index is 372. The predicted octanol–water partition coefficient (Wildman–Crippen LogP) is 2.18. The van der Waals surface area contributed by atoms with Crippen LogP contribution in [-0.2, 0) is 6.42 Å². The summed E-state index contributed by atoms with van der Waals surface area (Å²) in [6.07, 6.45) is 4.60. The van der Waals surface area contributed by atoms with E-state index in [1.807, 2.05) is 42.5 Å². The van der Waals surface area contributed by atoms with Crippen LogP contribution < -0.4 is 5.01 Å². The number of allylic oxidation sites excluding steroid dienone is 1. The molecular formula is C11H13FN2. The minimum absolute atomic E-state index is 0.126. The SMILES string of the molecule is CN(C)N1C=CCc2c(F)cccc21. The van der Waals surface area contributed by atoms with E-state index in [1.54, 1.807) is 6.07 Å². The molecule has 2 rings (SSSR count). The van der Waals surface area contributed by atoms with Crippen molar-refractivity contribution in [2.24, 2.45) is 0 Å². The second-order valence-electron chi connectivity index (χ2n) is 3.52. The number of hydrazine groups is 1. The molecule has 1 heterocycles. The zero-order valence-electron chi connectivity index (χ0n) is 8.37. The molecular weight excluding hydrogens is 179 g/mol. The highest BCUT2D eigenvalue weighted by Crippen LogP contribution is 2.28. The van der Waals surface area contributed by atoms with Gasteiger partial charge in [0.25, 0.3) is 0 Å². The van der Waals surface area contributed by atoms with Gasteiger partial charge in [-0.25, -0.2) is 9.40 Å².